The third kappa shape index (κ3) is 7.84. The van der Waals surface area contributed by atoms with E-state index in [1.165, 1.54) is 28.7 Å². The van der Waals surface area contributed by atoms with Crippen LogP contribution in [0.15, 0.2) is 65.0 Å². The summed E-state index contributed by atoms with van der Waals surface area (Å²) < 4.78 is 0.790. The third-order valence-electron chi connectivity index (χ3n) is 4.04. The SMILES string of the molecule is O=C(CCSc1nnc(NCCc2ccccc2)s1)NC(=O)NCc1ccccc1. The monoisotopic (exact) mass is 441 g/mol. The van der Waals surface area contributed by atoms with Gasteiger partial charge in [-0.1, -0.05) is 83.8 Å². The van der Waals surface area contributed by atoms with E-state index in [1.807, 2.05) is 48.5 Å². The summed E-state index contributed by atoms with van der Waals surface area (Å²) >= 11 is 2.91. The number of rotatable bonds is 10. The van der Waals surface area contributed by atoms with Crippen LogP contribution >= 0.6 is 23.1 Å². The fraction of sp³-hybridized carbons (Fsp3) is 0.238. The molecule has 0 saturated heterocycles. The van der Waals surface area contributed by atoms with E-state index in [1.54, 1.807) is 0 Å². The standard InChI is InChI=1S/C21H23N5O2S2/c27-18(24-19(28)23-15-17-9-5-2-6-10-17)12-14-29-21-26-25-20(30-21)22-13-11-16-7-3-1-4-8-16/h1-10H,11-15H2,(H,22,25)(H2,23,24,27,28). The average molecular weight is 442 g/mol. The Bertz CT molecular complexity index is 935. The number of aromatic nitrogens is 2. The second-order valence-electron chi connectivity index (χ2n) is 6.35. The molecule has 3 N–H and O–H groups in total. The first-order chi connectivity index (χ1) is 14.7. The minimum atomic E-state index is -0.491. The molecule has 3 aromatic rings. The highest BCUT2D eigenvalue weighted by Crippen LogP contribution is 2.25. The average Bonchev–Trinajstić information content (AvgIpc) is 3.21. The molecule has 0 aliphatic heterocycles. The fourth-order valence-electron chi connectivity index (χ4n) is 2.54. The fourth-order valence-corrected chi connectivity index (χ4v) is 4.33. The topological polar surface area (TPSA) is 96.0 Å². The first-order valence-electron chi connectivity index (χ1n) is 9.55. The molecule has 0 aliphatic carbocycles. The van der Waals surface area contributed by atoms with E-state index >= 15 is 0 Å². The van der Waals surface area contributed by atoms with Crippen molar-refractivity contribution >= 4 is 40.2 Å². The molecule has 1 aromatic heterocycles. The Balaban J connectivity index is 1.29. The predicted octanol–water partition coefficient (Wildman–Crippen LogP) is 3.70. The van der Waals surface area contributed by atoms with Crippen LogP contribution in [0.1, 0.15) is 17.5 Å². The van der Waals surface area contributed by atoms with Gasteiger partial charge >= 0.3 is 6.03 Å². The maximum Gasteiger partial charge on any atom is 0.321 e. The van der Waals surface area contributed by atoms with Gasteiger partial charge in [-0.15, -0.1) is 10.2 Å². The highest BCUT2D eigenvalue weighted by Gasteiger charge is 2.09. The van der Waals surface area contributed by atoms with Crippen LogP contribution in [0.3, 0.4) is 0 Å². The minimum Gasteiger partial charge on any atom is -0.360 e. The quantitative estimate of drug-likeness (QED) is 0.415. The van der Waals surface area contributed by atoms with Crippen LogP contribution in [0.25, 0.3) is 0 Å². The van der Waals surface area contributed by atoms with E-state index in [2.05, 4.69) is 38.3 Å². The van der Waals surface area contributed by atoms with Gasteiger partial charge in [-0.3, -0.25) is 10.1 Å². The molecular weight excluding hydrogens is 418 g/mol. The largest absolute Gasteiger partial charge is 0.360 e. The summed E-state index contributed by atoms with van der Waals surface area (Å²) in [7, 11) is 0. The second-order valence-corrected chi connectivity index (χ2v) is 8.67. The number of hydrogen-bond donors (Lipinski definition) is 3. The first kappa shape index (κ1) is 21.8. The van der Waals surface area contributed by atoms with Crippen molar-refractivity contribution in [1.29, 1.82) is 0 Å². The van der Waals surface area contributed by atoms with Gasteiger partial charge in [0, 0.05) is 25.3 Å². The second kappa shape index (κ2) is 11.9. The van der Waals surface area contributed by atoms with Crippen molar-refractivity contribution in [2.45, 2.75) is 23.7 Å². The number of carbonyl (C=O) groups is 2. The number of thioether (sulfide) groups is 1. The predicted molar refractivity (Wildman–Crippen MR) is 121 cm³/mol. The summed E-state index contributed by atoms with van der Waals surface area (Å²) in [6.45, 7) is 1.16. The summed E-state index contributed by atoms with van der Waals surface area (Å²) in [6, 6.07) is 19.3. The Morgan fingerprint density at radius 2 is 1.63 bits per heavy atom. The Morgan fingerprint density at radius 1 is 0.933 bits per heavy atom. The van der Waals surface area contributed by atoms with Crippen LogP contribution in [0.2, 0.25) is 0 Å². The van der Waals surface area contributed by atoms with Crippen LogP contribution in [-0.2, 0) is 17.8 Å². The number of imide groups is 1. The zero-order valence-corrected chi connectivity index (χ0v) is 18.0. The van der Waals surface area contributed by atoms with Crippen LogP contribution in [0.5, 0.6) is 0 Å². The van der Waals surface area contributed by atoms with E-state index in [0.717, 1.165) is 28.0 Å². The van der Waals surface area contributed by atoms with Gasteiger partial charge in [0.15, 0.2) is 4.34 Å². The molecule has 0 bridgehead atoms. The molecule has 3 rings (SSSR count). The maximum absolute atomic E-state index is 11.9. The van der Waals surface area contributed by atoms with Crippen molar-refractivity contribution in [1.82, 2.24) is 20.8 Å². The van der Waals surface area contributed by atoms with Crippen LogP contribution in [-0.4, -0.2) is 34.4 Å². The van der Waals surface area contributed by atoms with Gasteiger partial charge in [0.05, 0.1) is 0 Å². The molecule has 7 nitrogen and oxygen atoms in total. The lowest BCUT2D eigenvalue weighted by atomic mass is 10.2. The molecule has 0 unspecified atom stereocenters. The number of benzene rings is 2. The highest BCUT2D eigenvalue weighted by molar-refractivity contribution is 8.01. The highest BCUT2D eigenvalue weighted by atomic mass is 32.2. The van der Waals surface area contributed by atoms with E-state index in [9.17, 15) is 9.59 Å². The summed E-state index contributed by atoms with van der Waals surface area (Å²) in [4.78, 5) is 23.7. The van der Waals surface area contributed by atoms with Crippen molar-refractivity contribution in [3.05, 3.63) is 71.8 Å². The van der Waals surface area contributed by atoms with Gasteiger partial charge in [0.25, 0.3) is 0 Å². The van der Waals surface area contributed by atoms with E-state index in [4.69, 9.17) is 0 Å². The third-order valence-corrected chi connectivity index (χ3v) is 6.06. The van der Waals surface area contributed by atoms with Gasteiger partial charge in [-0.25, -0.2) is 4.79 Å². The summed E-state index contributed by atoms with van der Waals surface area (Å²) in [5.41, 5.74) is 2.24. The maximum atomic E-state index is 11.9. The normalized spacial score (nSPS) is 10.4. The molecule has 30 heavy (non-hydrogen) atoms. The molecule has 0 atom stereocenters. The van der Waals surface area contributed by atoms with Crippen molar-refractivity contribution in [2.75, 3.05) is 17.6 Å². The van der Waals surface area contributed by atoms with Gasteiger partial charge in [-0.05, 0) is 17.5 Å². The molecule has 0 fully saturated rings. The molecule has 0 spiro atoms. The van der Waals surface area contributed by atoms with Gasteiger partial charge in [0.1, 0.15) is 0 Å². The summed E-state index contributed by atoms with van der Waals surface area (Å²) in [5, 5.41) is 17.3. The zero-order valence-electron chi connectivity index (χ0n) is 16.3. The van der Waals surface area contributed by atoms with Crippen LogP contribution in [0.4, 0.5) is 9.93 Å². The summed E-state index contributed by atoms with van der Waals surface area (Å²) in [6.07, 6.45) is 1.13. The molecule has 9 heteroatoms. The molecule has 0 aliphatic rings. The first-order valence-corrected chi connectivity index (χ1v) is 11.3. The molecule has 3 amide bonds. The molecular formula is C21H23N5O2S2. The van der Waals surface area contributed by atoms with Crippen LogP contribution < -0.4 is 16.0 Å². The van der Waals surface area contributed by atoms with Crippen LogP contribution in [0, 0.1) is 0 Å². The van der Waals surface area contributed by atoms with Gasteiger partial charge in [0.2, 0.25) is 11.0 Å². The number of hydrogen-bond acceptors (Lipinski definition) is 7. The van der Waals surface area contributed by atoms with Crippen molar-refractivity contribution in [3.8, 4) is 0 Å². The number of carbonyl (C=O) groups excluding carboxylic acids is 2. The van der Waals surface area contributed by atoms with E-state index < -0.39 is 6.03 Å². The molecule has 0 saturated carbocycles. The Labute approximate surface area is 183 Å². The molecule has 0 radical (unpaired) electrons. The Hall–Kier alpha value is -2.91. The lowest BCUT2D eigenvalue weighted by molar-refractivity contribution is -0.119. The lowest BCUT2D eigenvalue weighted by Gasteiger charge is -2.06. The van der Waals surface area contributed by atoms with Crippen molar-refractivity contribution < 1.29 is 9.59 Å². The van der Waals surface area contributed by atoms with Gasteiger partial charge in [-0.2, -0.15) is 0 Å². The summed E-state index contributed by atoms with van der Waals surface area (Å²) in [5.74, 6) is 0.204. The van der Waals surface area contributed by atoms with Gasteiger partial charge < -0.3 is 10.6 Å². The van der Waals surface area contributed by atoms with E-state index in [-0.39, 0.29) is 12.3 Å². The Morgan fingerprint density at radius 3 is 2.37 bits per heavy atom. The lowest BCUT2D eigenvalue weighted by Crippen LogP contribution is -2.39. The number of nitrogens with zero attached hydrogens (tertiary/aromatic N) is 2. The number of amides is 3. The molecule has 2 aromatic carbocycles. The number of urea groups is 1. The number of anilines is 1. The van der Waals surface area contributed by atoms with Crippen molar-refractivity contribution in [3.63, 3.8) is 0 Å². The Kier molecular flexibility index (Phi) is 8.67. The van der Waals surface area contributed by atoms with E-state index in [0.29, 0.717) is 12.3 Å². The molecule has 156 valence electrons. The minimum absolute atomic E-state index is 0.222. The van der Waals surface area contributed by atoms with Crippen molar-refractivity contribution in [2.24, 2.45) is 0 Å². The zero-order chi connectivity index (χ0) is 21.0. The molecule has 1 heterocycles. The number of nitrogens with one attached hydrogen (secondary N) is 3. The smallest absolute Gasteiger partial charge is 0.321 e.